The van der Waals surface area contributed by atoms with Gasteiger partial charge in [0.25, 0.3) is 0 Å². The standard InChI is InChI=1S/C4H7NO.H3O4P/c1-2-3-4(5)6;1-5(2,3)4/h2-3H,1H3,(H2,5,6);(H3,1,2,3,4). The Bertz CT molecular complexity index is 175. The van der Waals surface area contributed by atoms with Gasteiger partial charge in [-0.05, 0) is 13.0 Å². The quantitative estimate of drug-likeness (QED) is 0.310. The summed E-state index contributed by atoms with van der Waals surface area (Å²) in [5, 5.41) is 0. The van der Waals surface area contributed by atoms with Gasteiger partial charge in [-0.3, -0.25) is 4.79 Å². The van der Waals surface area contributed by atoms with Crippen LogP contribution in [0.15, 0.2) is 12.2 Å². The fourth-order valence-electron chi connectivity index (χ4n) is 0.164. The number of allylic oxidation sites excluding steroid dienone is 1. The van der Waals surface area contributed by atoms with Crippen molar-refractivity contribution >= 4 is 13.7 Å². The first kappa shape index (κ1) is 12.9. The van der Waals surface area contributed by atoms with Gasteiger partial charge in [0.1, 0.15) is 0 Å². The van der Waals surface area contributed by atoms with Gasteiger partial charge in [0, 0.05) is 0 Å². The Hall–Kier alpha value is -0.680. The first-order valence-electron chi connectivity index (χ1n) is 2.47. The van der Waals surface area contributed by atoms with Crippen LogP contribution in [0.25, 0.3) is 0 Å². The third kappa shape index (κ3) is 92.8. The van der Waals surface area contributed by atoms with Crippen molar-refractivity contribution in [1.29, 1.82) is 0 Å². The fraction of sp³-hybridized carbons (Fsp3) is 0.250. The molecule has 1 amide bonds. The lowest BCUT2D eigenvalue weighted by Crippen LogP contribution is -2.04. The molecule has 0 saturated carbocycles. The number of phosphoric acid groups is 1. The zero-order valence-corrected chi connectivity index (χ0v) is 6.73. The zero-order chi connectivity index (χ0) is 9.49. The number of amides is 1. The molecule has 6 nitrogen and oxygen atoms in total. The highest BCUT2D eigenvalue weighted by atomic mass is 31.2. The molecule has 7 heteroatoms. The molecule has 0 atom stereocenters. The average molecular weight is 183 g/mol. The zero-order valence-electron chi connectivity index (χ0n) is 5.84. The van der Waals surface area contributed by atoms with Crippen molar-refractivity contribution in [3.63, 3.8) is 0 Å². The molecular formula is C4H10NO5P. The first-order valence-corrected chi connectivity index (χ1v) is 4.04. The summed E-state index contributed by atoms with van der Waals surface area (Å²) in [5.41, 5.74) is 4.68. The number of carbonyl (C=O) groups excluding carboxylic acids is 1. The van der Waals surface area contributed by atoms with E-state index in [1.165, 1.54) is 6.08 Å². The van der Waals surface area contributed by atoms with Crippen molar-refractivity contribution in [3.05, 3.63) is 12.2 Å². The van der Waals surface area contributed by atoms with Crippen molar-refractivity contribution < 1.29 is 24.0 Å². The third-order valence-corrected chi connectivity index (χ3v) is 0.331. The molecular weight excluding hydrogens is 173 g/mol. The van der Waals surface area contributed by atoms with Crippen LogP contribution in [-0.2, 0) is 9.36 Å². The normalized spacial score (nSPS) is 10.5. The van der Waals surface area contributed by atoms with Crippen LogP contribution < -0.4 is 5.73 Å². The molecule has 0 bridgehead atoms. The lowest BCUT2D eigenvalue weighted by atomic mass is 10.5. The van der Waals surface area contributed by atoms with E-state index < -0.39 is 13.7 Å². The van der Waals surface area contributed by atoms with Crippen molar-refractivity contribution in [1.82, 2.24) is 0 Å². The van der Waals surface area contributed by atoms with Crippen LogP contribution in [0.3, 0.4) is 0 Å². The lowest BCUT2D eigenvalue weighted by Gasteiger charge is -1.82. The van der Waals surface area contributed by atoms with Gasteiger partial charge in [-0.1, -0.05) is 6.08 Å². The molecule has 11 heavy (non-hydrogen) atoms. The van der Waals surface area contributed by atoms with Crippen molar-refractivity contribution in [2.75, 3.05) is 0 Å². The van der Waals surface area contributed by atoms with Crippen LogP contribution in [0.4, 0.5) is 0 Å². The van der Waals surface area contributed by atoms with Gasteiger partial charge in [0.15, 0.2) is 0 Å². The molecule has 66 valence electrons. The largest absolute Gasteiger partial charge is 0.466 e. The Morgan fingerprint density at radius 2 is 1.73 bits per heavy atom. The SMILES string of the molecule is CC=CC(N)=O.O=P(O)(O)O. The van der Waals surface area contributed by atoms with Crippen molar-refractivity contribution in [3.8, 4) is 0 Å². The van der Waals surface area contributed by atoms with E-state index in [0.717, 1.165) is 0 Å². The second kappa shape index (κ2) is 6.06. The number of rotatable bonds is 1. The van der Waals surface area contributed by atoms with E-state index in [2.05, 4.69) is 5.73 Å². The molecule has 0 radical (unpaired) electrons. The van der Waals surface area contributed by atoms with Gasteiger partial charge in [0.05, 0.1) is 0 Å². The average Bonchev–Trinajstić information content (AvgIpc) is 1.58. The molecule has 0 saturated heterocycles. The Kier molecular flexibility index (Phi) is 7.13. The fourth-order valence-corrected chi connectivity index (χ4v) is 0.164. The monoisotopic (exact) mass is 183 g/mol. The maximum atomic E-state index is 9.73. The highest BCUT2D eigenvalue weighted by molar-refractivity contribution is 7.45. The van der Waals surface area contributed by atoms with Crippen LogP contribution in [0.5, 0.6) is 0 Å². The Morgan fingerprint density at radius 3 is 1.73 bits per heavy atom. The molecule has 0 aliphatic heterocycles. The summed E-state index contributed by atoms with van der Waals surface area (Å²) >= 11 is 0. The Morgan fingerprint density at radius 1 is 1.45 bits per heavy atom. The minimum absolute atomic E-state index is 0.391. The van der Waals surface area contributed by atoms with E-state index >= 15 is 0 Å². The predicted molar refractivity (Wildman–Crippen MR) is 38.3 cm³/mol. The van der Waals surface area contributed by atoms with Gasteiger partial charge in [0.2, 0.25) is 5.91 Å². The number of nitrogens with two attached hydrogens (primary N) is 1. The number of primary amides is 1. The highest BCUT2D eigenvalue weighted by Gasteiger charge is 2.00. The molecule has 0 aromatic heterocycles. The van der Waals surface area contributed by atoms with E-state index in [4.69, 9.17) is 19.2 Å². The smallest absolute Gasteiger partial charge is 0.366 e. The van der Waals surface area contributed by atoms with Gasteiger partial charge in [-0.15, -0.1) is 0 Å². The summed E-state index contributed by atoms with van der Waals surface area (Å²) < 4.78 is 8.88. The number of hydrogen-bond donors (Lipinski definition) is 4. The van der Waals surface area contributed by atoms with Crippen molar-refractivity contribution in [2.24, 2.45) is 5.73 Å². The molecule has 0 aliphatic carbocycles. The minimum atomic E-state index is -4.64. The highest BCUT2D eigenvalue weighted by Crippen LogP contribution is 2.25. The van der Waals surface area contributed by atoms with Crippen LogP contribution in [-0.4, -0.2) is 20.6 Å². The molecule has 0 unspecified atom stereocenters. The topological polar surface area (TPSA) is 121 Å². The Labute approximate surface area is 63.6 Å². The molecule has 0 rings (SSSR count). The maximum Gasteiger partial charge on any atom is 0.466 e. The second-order valence-electron chi connectivity index (χ2n) is 1.42. The first-order chi connectivity index (χ1) is 4.77. The number of carbonyl (C=O) groups is 1. The van der Waals surface area contributed by atoms with Crippen LogP contribution in [0.1, 0.15) is 6.92 Å². The molecule has 0 aliphatic rings. The molecule has 0 heterocycles. The van der Waals surface area contributed by atoms with E-state index in [1.807, 2.05) is 0 Å². The van der Waals surface area contributed by atoms with Gasteiger partial charge >= 0.3 is 7.82 Å². The number of hydrogen-bond acceptors (Lipinski definition) is 2. The van der Waals surface area contributed by atoms with E-state index in [0.29, 0.717) is 0 Å². The minimum Gasteiger partial charge on any atom is -0.366 e. The summed E-state index contributed by atoms with van der Waals surface area (Å²) in [6.45, 7) is 1.74. The maximum absolute atomic E-state index is 9.73. The van der Waals surface area contributed by atoms with Crippen molar-refractivity contribution in [2.45, 2.75) is 6.92 Å². The molecule has 5 N–H and O–H groups in total. The molecule has 0 aromatic rings. The lowest BCUT2D eigenvalue weighted by molar-refractivity contribution is -0.113. The summed E-state index contributed by atoms with van der Waals surface area (Å²) in [7, 11) is -4.64. The van der Waals surface area contributed by atoms with Gasteiger partial charge in [-0.2, -0.15) is 0 Å². The summed E-state index contributed by atoms with van der Waals surface area (Å²) in [6.07, 6.45) is 2.91. The third-order valence-electron chi connectivity index (χ3n) is 0.331. The predicted octanol–water partition coefficient (Wildman–Crippen LogP) is -0.881. The van der Waals surface area contributed by atoms with Crippen LogP contribution in [0.2, 0.25) is 0 Å². The second-order valence-corrected chi connectivity index (χ2v) is 2.44. The summed E-state index contributed by atoms with van der Waals surface area (Å²) in [5.74, 6) is -0.391. The van der Waals surface area contributed by atoms with Gasteiger partial charge in [-0.25, -0.2) is 4.57 Å². The van der Waals surface area contributed by atoms with E-state index in [1.54, 1.807) is 13.0 Å². The summed E-state index contributed by atoms with van der Waals surface area (Å²) in [6, 6.07) is 0. The van der Waals surface area contributed by atoms with Gasteiger partial charge < -0.3 is 20.4 Å². The molecule has 0 spiro atoms. The Balaban J connectivity index is 0. The molecule has 0 aromatic carbocycles. The van der Waals surface area contributed by atoms with E-state index in [-0.39, 0.29) is 0 Å². The van der Waals surface area contributed by atoms with Crippen LogP contribution >= 0.6 is 7.82 Å². The van der Waals surface area contributed by atoms with Crippen LogP contribution in [0, 0.1) is 0 Å². The summed E-state index contributed by atoms with van der Waals surface area (Å²) in [4.78, 5) is 31.3. The van der Waals surface area contributed by atoms with E-state index in [9.17, 15) is 4.79 Å². The molecule has 0 fully saturated rings.